The van der Waals surface area contributed by atoms with Crippen molar-refractivity contribution in [2.45, 2.75) is 13.5 Å². The number of nitrogens with zero attached hydrogens (tertiary/aromatic N) is 1. The standard InChI is InChI=1S/C27H21IN2O7/c1-15-3-5-16(6-4-15)13-35-24-20(28)10-17(11-23(24)34-2)9-19-25(31)29-27(33)30(26(19)32)18-7-8-21-22(12-18)37-14-36-21/h3-12H,13-14H2,1-2H3,(H,29,31,33)/b19-9+. The maximum absolute atomic E-state index is 13.3. The number of ether oxygens (including phenoxy) is 4. The molecule has 0 unspecified atom stereocenters. The number of carbonyl (C=O) groups is 3. The van der Waals surface area contributed by atoms with Crippen molar-refractivity contribution in [2.75, 3.05) is 18.8 Å². The molecule has 2 aliphatic heterocycles. The van der Waals surface area contributed by atoms with E-state index in [9.17, 15) is 14.4 Å². The summed E-state index contributed by atoms with van der Waals surface area (Å²) >= 11 is 2.11. The van der Waals surface area contributed by atoms with Gasteiger partial charge in [-0.1, -0.05) is 29.8 Å². The van der Waals surface area contributed by atoms with E-state index in [4.69, 9.17) is 18.9 Å². The minimum atomic E-state index is -0.849. The van der Waals surface area contributed by atoms with Crippen LogP contribution in [0.3, 0.4) is 0 Å². The molecule has 3 aromatic rings. The van der Waals surface area contributed by atoms with Gasteiger partial charge in [0.2, 0.25) is 6.79 Å². The maximum Gasteiger partial charge on any atom is 0.335 e. The van der Waals surface area contributed by atoms with E-state index in [0.717, 1.165) is 19.6 Å². The monoisotopic (exact) mass is 612 g/mol. The van der Waals surface area contributed by atoms with Crippen molar-refractivity contribution >= 4 is 52.2 Å². The average Bonchev–Trinajstić information content (AvgIpc) is 3.34. The largest absolute Gasteiger partial charge is 0.493 e. The molecule has 1 saturated heterocycles. The number of barbiturate groups is 1. The number of fused-ring (bicyclic) bond motifs is 1. The number of halogens is 1. The molecule has 1 fully saturated rings. The molecule has 10 heteroatoms. The third kappa shape index (κ3) is 4.96. The first-order valence-electron chi connectivity index (χ1n) is 11.2. The summed E-state index contributed by atoms with van der Waals surface area (Å²) in [6.07, 6.45) is 1.42. The van der Waals surface area contributed by atoms with E-state index in [-0.39, 0.29) is 18.1 Å². The number of imide groups is 2. The average molecular weight is 612 g/mol. The van der Waals surface area contributed by atoms with Gasteiger partial charge in [-0.25, -0.2) is 9.69 Å². The number of aryl methyl sites for hydroxylation is 1. The van der Waals surface area contributed by atoms with Crippen LogP contribution >= 0.6 is 22.6 Å². The third-order valence-electron chi connectivity index (χ3n) is 5.78. The number of anilines is 1. The summed E-state index contributed by atoms with van der Waals surface area (Å²) < 4.78 is 22.9. The van der Waals surface area contributed by atoms with Crippen LogP contribution in [-0.4, -0.2) is 31.7 Å². The second-order valence-electron chi connectivity index (χ2n) is 8.30. The van der Waals surface area contributed by atoms with Crippen LogP contribution in [0.15, 0.2) is 60.2 Å². The van der Waals surface area contributed by atoms with Gasteiger partial charge in [0.05, 0.1) is 16.4 Å². The smallest absolute Gasteiger partial charge is 0.335 e. The maximum atomic E-state index is 13.3. The molecule has 1 N–H and O–H groups in total. The van der Waals surface area contributed by atoms with Gasteiger partial charge in [-0.05, 0) is 71.0 Å². The number of methoxy groups -OCH3 is 1. The Morgan fingerprint density at radius 2 is 1.78 bits per heavy atom. The lowest BCUT2D eigenvalue weighted by atomic mass is 10.1. The highest BCUT2D eigenvalue weighted by Crippen LogP contribution is 2.37. The van der Waals surface area contributed by atoms with Crippen molar-refractivity contribution in [3.8, 4) is 23.0 Å². The van der Waals surface area contributed by atoms with Gasteiger partial charge in [-0.15, -0.1) is 0 Å². The number of nitrogens with one attached hydrogen (secondary N) is 1. The second-order valence-corrected chi connectivity index (χ2v) is 9.47. The van der Waals surface area contributed by atoms with E-state index < -0.39 is 17.8 Å². The van der Waals surface area contributed by atoms with Gasteiger partial charge in [0.1, 0.15) is 12.2 Å². The number of amides is 4. The first-order valence-corrected chi connectivity index (χ1v) is 12.3. The Balaban J connectivity index is 1.43. The Kier molecular flexibility index (Phi) is 6.74. The van der Waals surface area contributed by atoms with Gasteiger partial charge in [-0.3, -0.25) is 14.9 Å². The molecule has 5 rings (SSSR count). The number of hydrogen-bond acceptors (Lipinski definition) is 7. The lowest BCUT2D eigenvalue weighted by Crippen LogP contribution is -2.54. The topological polar surface area (TPSA) is 103 Å². The van der Waals surface area contributed by atoms with Crippen molar-refractivity contribution < 1.29 is 33.3 Å². The van der Waals surface area contributed by atoms with Crippen molar-refractivity contribution in [2.24, 2.45) is 0 Å². The number of hydrogen-bond donors (Lipinski definition) is 1. The summed E-state index contributed by atoms with van der Waals surface area (Å²) in [5.41, 5.74) is 2.74. The summed E-state index contributed by atoms with van der Waals surface area (Å²) in [5.74, 6) is 0.343. The van der Waals surface area contributed by atoms with E-state index in [2.05, 4.69) is 27.9 Å². The molecule has 3 aromatic carbocycles. The molecule has 0 aromatic heterocycles. The molecule has 2 aliphatic rings. The predicted molar refractivity (Wildman–Crippen MR) is 143 cm³/mol. The minimum absolute atomic E-state index is 0.0494. The molecule has 37 heavy (non-hydrogen) atoms. The molecule has 0 atom stereocenters. The lowest BCUT2D eigenvalue weighted by molar-refractivity contribution is -0.122. The van der Waals surface area contributed by atoms with Crippen LogP contribution in [0.2, 0.25) is 0 Å². The van der Waals surface area contributed by atoms with E-state index in [0.29, 0.717) is 35.2 Å². The van der Waals surface area contributed by atoms with Gasteiger partial charge in [0.15, 0.2) is 23.0 Å². The molecular formula is C27H21IN2O7. The van der Waals surface area contributed by atoms with Crippen LogP contribution in [0.25, 0.3) is 6.08 Å². The first-order chi connectivity index (χ1) is 17.8. The van der Waals surface area contributed by atoms with Crippen molar-refractivity contribution in [3.05, 3.63) is 80.4 Å². The SMILES string of the molecule is COc1cc(/C=C2\C(=O)NC(=O)N(c3ccc4c(c3)OCO4)C2=O)cc(I)c1OCc1ccc(C)cc1. The molecule has 0 spiro atoms. The van der Waals surface area contributed by atoms with Gasteiger partial charge >= 0.3 is 6.03 Å². The number of benzene rings is 3. The minimum Gasteiger partial charge on any atom is -0.493 e. The lowest BCUT2D eigenvalue weighted by Gasteiger charge is -2.26. The number of carbonyl (C=O) groups excluding carboxylic acids is 3. The van der Waals surface area contributed by atoms with Crippen LogP contribution in [0.4, 0.5) is 10.5 Å². The Hall–Kier alpha value is -4.06. The predicted octanol–water partition coefficient (Wildman–Crippen LogP) is 4.58. The summed E-state index contributed by atoms with van der Waals surface area (Å²) in [7, 11) is 1.51. The Morgan fingerprint density at radius 1 is 1.03 bits per heavy atom. The third-order valence-corrected chi connectivity index (χ3v) is 6.58. The molecule has 4 amide bonds. The summed E-state index contributed by atoms with van der Waals surface area (Å²) in [6.45, 7) is 2.42. The Morgan fingerprint density at radius 3 is 2.54 bits per heavy atom. The van der Waals surface area contributed by atoms with Crippen molar-refractivity contribution in [1.29, 1.82) is 0 Å². The van der Waals surface area contributed by atoms with E-state index >= 15 is 0 Å². The summed E-state index contributed by atoms with van der Waals surface area (Å²) in [6, 6.07) is 15.3. The van der Waals surface area contributed by atoms with Crippen molar-refractivity contribution in [3.63, 3.8) is 0 Å². The van der Waals surface area contributed by atoms with Gasteiger partial charge in [0.25, 0.3) is 11.8 Å². The quantitative estimate of drug-likeness (QED) is 0.247. The number of rotatable bonds is 6. The zero-order valence-corrected chi connectivity index (χ0v) is 22.0. The molecule has 9 nitrogen and oxygen atoms in total. The van der Waals surface area contributed by atoms with Gasteiger partial charge in [0, 0.05) is 6.07 Å². The second kappa shape index (κ2) is 10.1. The van der Waals surface area contributed by atoms with Crippen LogP contribution in [0, 0.1) is 10.5 Å². The van der Waals surface area contributed by atoms with Gasteiger partial charge in [-0.2, -0.15) is 0 Å². The van der Waals surface area contributed by atoms with Crippen LogP contribution in [-0.2, 0) is 16.2 Å². The summed E-state index contributed by atoms with van der Waals surface area (Å²) in [4.78, 5) is 39.4. The molecule has 0 aliphatic carbocycles. The van der Waals surface area contributed by atoms with Crippen LogP contribution in [0.1, 0.15) is 16.7 Å². The zero-order chi connectivity index (χ0) is 26.1. The fourth-order valence-corrected chi connectivity index (χ4v) is 4.67. The van der Waals surface area contributed by atoms with Crippen LogP contribution < -0.4 is 29.2 Å². The fourth-order valence-electron chi connectivity index (χ4n) is 3.89. The zero-order valence-electron chi connectivity index (χ0n) is 19.9. The number of urea groups is 1. The molecule has 0 saturated carbocycles. The molecule has 0 radical (unpaired) electrons. The van der Waals surface area contributed by atoms with E-state index in [1.807, 2.05) is 31.2 Å². The highest BCUT2D eigenvalue weighted by Gasteiger charge is 2.37. The first kappa shape index (κ1) is 24.6. The van der Waals surface area contributed by atoms with Crippen molar-refractivity contribution in [1.82, 2.24) is 5.32 Å². The molecule has 188 valence electrons. The highest BCUT2D eigenvalue weighted by molar-refractivity contribution is 14.1. The van der Waals surface area contributed by atoms with Gasteiger partial charge < -0.3 is 18.9 Å². The van der Waals surface area contributed by atoms with Crippen LogP contribution in [0.5, 0.6) is 23.0 Å². The summed E-state index contributed by atoms with van der Waals surface area (Å²) in [5, 5.41) is 2.22. The van der Waals surface area contributed by atoms with E-state index in [1.54, 1.807) is 24.3 Å². The molecular weight excluding hydrogens is 591 g/mol. The Bertz CT molecular complexity index is 1450. The molecule has 0 bridgehead atoms. The highest BCUT2D eigenvalue weighted by atomic mass is 127. The molecule has 2 heterocycles. The Labute approximate surface area is 226 Å². The normalized spacial score (nSPS) is 15.7. The fraction of sp³-hybridized carbons (Fsp3) is 0.148. The van der Waals surface area contributed by atoms with E-state index in [1.165, 1.54) is 19.3 Å².